The van der Waals surface area contributed by atoms with E-state index in [1.807, 2.05) is 4.90 Å². The molecule has 28 heavy (non-hydrogen) atoms. The third-order valence-corrected chi connectivity index (χ3v) is 5.79. The molecule has 2 aliphatic rings. The van der Waals surface area contributed by atoms with Crippen LogP contribution in [0, 0.1) is 17.7 Å². The number of hydrogen-bond donors (Lipinski definition) is 2. The van der Waals surface area contributed by atoms with Crippen LogP contribution in [-0.2, 0) is 9.59 Å². The minimum absolute atomic E-state index is 0.0925. The van der Waals surface area contributed by atoms with E-state index in [9.17, 15) is 24.2 Å². The minimum atomic E-state index is -1.38. The Labute approximate surface area is 162 Å². The molecule has 1 aromatic carbocycles. The Morgan fingerprint density at radius 1 is 1.25 bits per heavy atom. The van der Waals surface area contributed by atoms with Gasteiger partial charge in [0.15, 0.2) is 11.6 Å². The first kappa shape index (κ1) is 20.1. The first-order valence-corrected chi connectivity index (χ1v) is 9.34. The summed E-state index contributed by atoms with van der Waals surface area (Å²) in [7, 11) is 0. The number of carboxylic acid groups (broad SMARTS) is 2. The highest BCUT2D eigenvalue weighted by molar-refractivity contribution is 5.92. The van der Waals surface area contributed by atoms with E-state index in [0.717, 1.165) is 0 Å². The monoisotopic (exact) mass is 389 g/mol. The van der Waals surface area contributed by atoms with Gasteiger partial charge in [-0.1, -0.05) is 37.3 Å². The van der Waals surface area contributed by atoms with Crippen molar-refractivity contribution >= 4 is 11.9 Å². The van der Waals surface area contributed by atoms with Crippen LogP contribution in [0.5, 0.6) is 5.75 Å². The molecule has 2 atom stereocenters. The first-order chi connectivity index (χ1) is 13.4. The molecule has 1 fully saturated rings. The molecule has 0 aromatic heterocycles. The number of halogens is 1. The largest absolute Gasteiger partial charge is 0.490 e. The average Bonchev–Trinajstić information content (AvgIpc) is 2.68. The molecule has 1 aliphatic carbocycles. The number of allylic oxidation sites excluding steroid dienone is 2. The van der Waals surface area contributed by atoms with Crippen molar-refractivity contribution in [2.75, 3.05) is 19.7 Å². The Kier molecular flexibility index (Phi) is 5.84. The maximum atomic E-state index is 13.7. The number of carboxylic acids is 2. The van der Waals surface area contributed by atoms with Gasteiger partial charge in [-0.2, -0.15) is 0 Å². The first-order valence-electron chi connectivity index (χ1n) is 9.34. The van der Waals surface area contributed by atoms with Crippen molar-refractivity contribution in [3.8, 4) is 5.75 Å². The Morgan fingerprint density at radius 2 is 1.93 bits per heavy atom. The number of para-hydroxylation sites is 1. The van der Waals surface area contributed by atoms with Gasteiger partial charge >= 0.3 is 11.9 Å². The normalized spacial score (nSPS) is 25.9. The Hall–Kier alpha value is -2.67. The molecule has 2 unspecified atom stereocenters. The van der Waals surface area contributed by atoms with Crippen LogP contribution in [0.2, 0.25) is 0 Å². The topological polar surface area (TPSA) is 87.1 Å². The maximum absolute atomic E-state index is 13.7. The van der Waals surface area contributed by atoms with Gasteiger partial charge in [-0.15, -0.1) is 0 Å². The minimum Gasteiger partial charge on any atom is -0.490 e. The van der Waals surface area contributed by atoms with Gasteiger partial charge in [-0.05, 0) is 44.0 Å². The number of piperidine rings is 1. The molecule has 0 amide bonds. The Balaban J connectivity index is 1.66. The lowest BCUT2D eigenvalue weighted by atomic mass is 9.74. The fourth-order valence-electron chi connectivity index (χ4n) is 4.09. The molecule has 2 N–H and O–H groups in total. The lowest BCUT2D eigenvalue weighted by Crippen LogP contribution is -2.61. The van der Waals surface area contributed by atoms with Gasteiger partial charge in [0, 0.05) is 11.5 Å². The SMILES string of the molecule is CC1C(C(=O)O)=CC=CC1(C(=O)O)N1CCC(COc2ccccc2F)CC1. The summed E-state index contributed by atoms with van der Waals surface area (Å²) in [6.45, 7) is 3.00. The number of ether oxygens (including phenoxy) is 1. The molecule has 1 heterocycles. The summed E-state index contributed by atoms with van der Waals surface area (Å²) in [5.41, 5.74) is -1.28. The molecule has 0 bridgehead atoms. The summed E-state index contributed by atoms with van der Waals surface area (Å²) in [5.74, 6) is -2.84. The van der Waals surface area contributed by atoms with Crippen LogP contribution < -0.4 is 4.74 Å². The number of rotatable bonds is 6. The number of benzene rings is 1. The fraction of sp³-hybridized carbons (Fsp3) is 0.429. The number of nitrogens with zero attached hydrogens (tertiary/aromatic N) is 1. The van der Waals surface area contributed by atoms with Gasteiger partial charge in [0.25, 0.3) is 0 Å². The van der Waals surface area contributed by atoms with Crippen molar-refractivity contribution < 1.29 is 28.9 Å². The van der Waals surface area contributed by atoms with E-state index >= 15 is 0 Å². The summed E-state index contributed by atoms with van der Waals surface area (Å²) in [5, 5.41) is 19.4. The number of likely N-dealkylation sites (tertiary alicyclic amines) is 1. The zero-order chi connectivity index (χ0) is 20.3. The highest BCUT2D eigenvalue weighted by Gasteiger charge is 2.51. The second-order valence-corrected chi connectivity index (χ2v) is 7.31. The molecule has 0 saturated carbocycles. The van der Waals surface area contributed by atoms with Crippen LogP contribution in [0.15, 0.2) is 48.1 Å². The second-order valence-electron chi connectivity index (χ2n) is 7.31. The molecular weight excluding hydrogens is 365 g/mol. The van der Waals surface area contributed by atoms with Gasteiger partial charge < -0.3 is 14.9 Å². The Bertz CT molecular complexity index is 813. The molecule has 1 aliphatic heterocycles. The highest BCUT2D eigenvalue weighted by Crippen LogP contribution is 2.38. The molecule has 3 rings (SSSR count). The number of aliphatic carboxylic acids is 2. The summed E-state index contributed by atoms with van der Waals surface area (Å²) in [4.78, 5) is 25.5. The number of hydrogen-bond acceptors (Lipinski definition) is 4. The zero-order valence-corrected chi connectivity index (χ0v) is 15.7. The second kappa shape index (κ2) is 8.14. The summed E-state index contributed by atoms with van der Waals surface area (Å²) in [6, 6.07) is 6.24. The van der Waals surface area contributed by atoms with Crippen LogP contribution in [0.4, 0.5) is 4.39 Å². The van der Waals surface area contributed by atoms with Crippen molar-refractivity contribution in [2.24, 2.45) is 11.8 Å². The number of carbonyl (C=O) groups is 2. The zero-order valence-electron chi connectivity index (χ0n) is 15.7. The quantitative estimate of drug-likeness (QED) is 0.778. The van der Waals surface area contributed by atoms with E-state index in [-0.39, 0.29) is 17.2 Å². The van der Waals surface area contributed by atoms with Crippen molar-refractivity contribution in [2.45, 2.75) is 25.3 Å². The summed E-state index contributed by atoms with van der Waals surface area (Å²) >= 11 is 0. The molecular formula is C21H24FNO5. The van der Waals surface area contributed by atoms with Crippen LogP contribution in [0.25, 0.3) is 0 Å². The summed E-state index contributed by atoms with van der Waals surface area (Å²) in [6.07, 6.45) is 5.95. The van der Waals surface area contributed by atoms with Crippen LogP contribution >= 0.6 is 0 Å². The van der Waals surface area contributed by atoms with Crippen molar-refractivity contribution in [3.05, 3.63) is 53.9 Å². The van der Waals surface area contributed by atoms with E-state index in [0.29, 0.717) is 32.5 Å². The molecule has 0 spiro atoms. The molecule has 1 aromatic rings. The lowest BCUT2D eigenvalue weighted by molar-refractivity contribution is -0.152. The third-order valence-electron chi connectivity index (χ3n) is 5.79. The molecule has 1 saturated heterocycles. The van der Waals surface area contributed by atoms with Crippen LogP contribution in [0.1, 0.15) is 19.8 Å². The molecule has 7 heteroatoms. The predicted molar refractivity (Wildman–Crippen MR) is 101 cm³/mol. The highest BCUT2D eigenvalue weighted by atomic mass is 19.1. The van der Waals surface area contributed by atoms with Gasteiger partial charge in [-0.25, -0.2) is 14.0 Å². The van der Waals surface area contributed by atoms with Gasteiger partial charge in [0.05, 0.1) is 6.61 Å². The van der Waals surface area contributed by atoms with E-state index in [1.165, 1.54) is 18.2 Å². The standard InChI is InChI=1S/C21H24FNO5/c1-14-16(19(24)25)5-4-10-21(14,20(26)27)23-11-8-15(9-12-23)13-28-18-7-3-2-6-17(18)22/h2-7,10,14-15H,8-9,11-13H2,1H3,(H,24,25)(H,26,27). The predicted octanol–water partition coefficient (Wildman–Crippen LogP) is 2.96. The van der Waals surface area contributed by atoms with Crippen molar-refractivity contribution in [1.29, 1.82) is 0 Å². The molecule has 6 nitrogen and oxygen atoms in total. The molecule has 0 radical (unpaired) electrons. The van der Waals surface area contributed by atoms with Gasteiger partial charge in [0.2, 0.25) is 0 Å². The fourth-order valence-corrected chi connectivity index (χ4v) is 4.09. The van der Waals surface area contributed by atoms with Crippen LogP contribution in [-0.4, -0.2) is 52.3 Å². The van der Waals surface area contributed by atoms with Gasteiger partial charge in [-0.3, -0.25) is 4.90 Å². The van der Waals surface area contributed by atoms with E-state index < -0.39 is 29.2 Å². The Morgan fingerprint density at radius 3 is 2.54 bits per heavy atom. The smallest absolute Gasteiger partial charge is 0.331 e. The van der Waals surface area contributed by atoms with Gasteiger partial charge in [0.1, 0.15) is 5.54 Å². The van der Waals surface area contributed by atoms with Crippen LogP contribution in [0.3, 0.4) is 0 Å². The van der Waals surface area contributed by atoms with E-state index in [2.05, 4.69) is 0 Å². The van der Waals surface area contributed by atoms with E-state index in [4.69, 9.17) is 4.74 Å². The average molecular weight is 389 g/mol. The lowest BCUT2D eigenvalue weighted by Gasteiger charge is -2.46. The van der Waals surface area contributed by atoms with Crippen molar-refractivity contribution in [3.63, 3.8) is 0 Å². The molecule has 150 valence electrons. The third kappa shape index (κ3) is 3.67. The van der Waals surface area contributed by atoms with E-state index in [1.54, 1.807) is 31.2 Å². The maximum Gasteiger partial charge on any atom is 0.331 e. The van der Waals surface area contributed by atoms with Crippen molar-refractivity contribution in [1.82, 2.24) is 4.90 Å². The summed E-state index contributed by atoms with van der Waals surface area (Å²) < 4.78 is 19.3.